The number of methoxy groups -OCH3 is 1. The molecule has 2 fully saturated rings. The molecule has 2 heterocycles. The number of fused-ring (bicyclic) bond motifs is 1. The molecule has 5 N–H and O–H groups in total. The summed E-state index contributed by atoms with van der Waals surface area (Å²) in [5.74, 6) is -5.39. The number of aliphatic carboxylic acids is 3. The lowest BCUT2D eigenvalue weighted by molar-refractivity contribution is -0.170. The number of carbonyl (C=O) groups excluding carboxylic acids is 2. The number of carboxylic acid groups (broad SMARTS) is 3. The van der Waals surface area contributed by atoms with Crippen molar-refractivity contribution in [2.24, 2.45) is 0 Å². The van der Waals surface area contributed by atoms with E-state index in [1.54, 1.807) is 31.1 Å². The molecular weight excluding hydrogens is 857 g/mol. The van der Waals surface area contributed by atoms with Crippen molar-refractivity contribution in [1.29, 1.82) is 5.26 Å². The van der Waals surface area contributed by atoms with E-state index in [9.17, 15) is 37.7 Å². The molecule has 0 unspecified atom stereocenters. The quantitative estimate of drug-likeness (QED) is 0.144. The fourth-order valence-corrected chi connectivity index (χ4v) is 10.2. The molecule has 0 aliphatic carbocycles. The molecular formula is C41H49Cl2N5O12S. The van der Waals surface area contributed by atoms with Crippen molar-refractivity contribution in [2.45, 2.75) is 62.0 Å². The molecule has 61 heavy (non-hydrogen) atoms. The van der Waals surface area contributed by atoms with E-state index >= 15 is 0 Å². The molecule has 0 bridgehead atoms. The normalized spacial score (nSPS) is 16.9. The van der Waals surface area contributed by atoms with Gasteiger partial charge in [0.2, 0.25) is 15.9 Å². The summed E-state index contributed by atoms with van der Waals surface area (Å²) in [4.78, 5) is 61.8. The van der Waals surface area contributed by atoms with Gasteiger partial charge in [0.05, 0.1) is 46.9 Å². The lowest BCUT2D eigenvalue weighted by Crippen LogP contribution is -2.65. The maximum Gasteiger partial charge on any atom is 0.336 e. The molecule has 3 aromatic carbocycles. The Labute approximate surface area is 363 Å². The largest absolute Gasteiger partial charge is 0.495 e. The molecule has 0 spiro atoms. The minimum Gasteiger partial charge on any atom is -0.495 e. The van der Waals surface area contributed by atoms with Crippen molar-refractivity contribution < 1.29 is 57.6 Å². The Kier molecular flexibility index (Phi) is 16.5. The molecule has 2 saturated heterocycles. The van der Waals surface area contributed by atoms with Crippen molar-refractivity contribution >= 4 is 73.7 Å². The molecule has 3 aromatic rings. The van der Waals surface area contributed by atoms with Gasteiger partial charge >= 0.3 is 17.9 Å². The van der Waals surface area contributed by atoms with E-state index in [0.29, 0.717) is 79.4 Å². The average molecular weight is 907 g/mol. The van der Waals surface area contributed by atoms with Crippen LogP contribution in [0.2, 0.25) is 10.0 Å². The Morgan fingerprint density at radius 3 is 2.16 bits per heavy atom. The van der Waals surface area contributed by atoms with Gasteiger partial charge in [-0.05, 0) is 73.2 Å². The molecule has 0 saturated carbocycles. The number of sulfonamides is 1. The summed E-state index contributed by atoms with van der Waals surface area (Å²) in [6, 6.07) is 16.8. The highest BCUT2D eigenvalue weighted by Gasteiger charge is 2.51. The predicted octanol–water partition coefficient (Wildman–Crippen LogP) is 4.03. The van der Waals surface area contributed by atoms with Crippen LogP contribution in [0.25, 0.3) is 10.8 Å². The van der Waals surface area contributed by atoms with E-state index in [2.05, 4.69) is 16.3 Å². The number of benzene rings is 3. The van der Waals surface area contributed by atoms with Gasteiger partial charge in [0.1, 0.15) is 17.4 Å². The monoisotopic (exact) mass is 905 g/mol. The number of likely N-dealkylation sites (N-methyl/N-ethyl adjacent to an activating group) is 2. The van der Waals surface area contributed by atoms with E-state index < -0.39 is 51.9 Å². The molecule has 2 aliphatic heterocycles. The van der Waals surface area contributed by atoms with E-state index in [4.69, 9.17) is 48.4 Å². The van der Waals surface area contributed by atoms with Gasteiger partial charge in [0.15, 0.2) is 5.60 Å². The Hall–Kier alpha value is -5.03. The van der Waals surface area contributed by atoms with Crippen molar-refractivity contribution in [3.05, 3.63) is 75.3 Å². The second-order valence-corrected chi connectivity index (χ2v) is 17.9. The predicted molar refractivity (Wildman–Crippen MR) is 225 cm³/mol. The number of carboxylic acids is 3. The maximum atomic E-state index is 14.2. The number of likely N-dealkylation sites (tertiary alicyclic amines) is 1. The first kappa shape index (κ1) is 48.6. The summed E-state index contributed by atoms with van der Waals surface area (Å²) in [5, 5.41) is 48.7. The van der Waals surface area contributed by atoms with Crippen LogP contribution in [0.4, 0.5) is 0 Å². The van der Waals surface area contributed by atoms with Crippen LogP contribution in [-0.4, -0.2) is 143 Å². The van der Waals surface area contributed by atoms with Gasteiger partial charge in [-0.3, -0.25) is 19.2 Å². The van der Waals surface area contributed by atoms with Gasteiger partial charge < -0.3 is 40.3 Å². The summed E-state index contributed by atoms with van der Waals surface area (Å²) >= 11 is 12.7. The Morgan fingerprint density at radius 2 is 1.62 bits per heavy atom. The van der Waals surface area contributed by atoms with Gasteiger partial charge in [-0.25, -0.2) is 13.2 Å². The number of piperidine rings is 1. The molecule has 17 nitrogen and oxygen atoms in total. The minimum absolute atomic E-state index is 0.0650. The summed E-state index contributed by atoms with van der Waals surface area (Å²) in [5.41, 5.74) is -2.30. The first-order valence-electron chi connectivity index (χ1n) is 19.3. The number of halogens is 2. The number of carbonyl (C=O) groups is 5. The molecule has 20 heteroatoms. The Bertz CT molecular complexity index is 2280. The van der Waals surface area contributed by atoms with Gasteiger partial charge in [0, 0.05) is 46.2 Å². The highest BCUT2D eigenvalue weighted by molar-refractivity contribution is 7.89. The topological polar surface area (TPSA) is 255 Å². The SMILES string of the molecule is CNC(=O)C1(N2CCCCS2(=O)=O)CCN(CC[C@H](CN(C)C(=O)c2c(OC)c(C#N)cc3ccccc23)c2ccc(Cl)c(Cl)c2)CC1.O=C(O)CC(O)(CC(=O)O)C(=O)O. The number of hydrogen-bond donors (Lipinski definition) is 5. The van der Waals surface area contributed by atoms with Crippen molar-refractivity contribution in [1.82, 2.24) is 19.4 Å². The van der Waals surface area contributed by atoms with Crippen LogP contribution in [-0.2, 0) is 29.2 Å². The second kappa shape index (κ2) is 20.7. The maximum absolute atomic E-state index is 14.2. The summed E-state index contributed by atoms with van der Waals surface area (Å²) in [6.07, 6.45) is 0.494. The van der Waals surface area contributed by atoms with Crippen LogP contribution in [0.15, 0.2) is 48.5 Å². The number of nitriles is 1. The summed E-state index contributed by atoms with van der Waals surface area (Å²) < 4.78 is 33.2. The summed E-state index contributed by atoms with van der Waals surface area (Å²) in [7, 11) is 1.22. The minimum atomic E-state index is -3.53. The van der Waals surface area contributed by atoms with Gasteiger partial charge in [0.25, 0.3) is 5.91 Å². The molecule has 0 radical (unpaired) electrons. The van der Waals surface area contributed by atoms with E-state index in [1.165, 1.54) is 11.4 Å². The third-order valence-electron chi connectivity index (χ3n) is 11.0. The number of nitrogens with zero attached hydrogens (tertiary/aromatic N) is 4. The lowest BCUT2D eigenvalue weighted by Gasteiger charge is -2.47. The zero-order valence-electron chi connectivity index (χ0n) is 33.9. The van der Waals surface area contributed by atoms with Crippen LogP contribution in [0.5, 0.6) is 5.75 Å². The van der Waals surface area contributed by atoms with Gasteiger partial charge in [-0.15, -0.1) is 0 Å². The van der Waals surface area contributed by atoms with Crippen molar-refractivity contribution in [2.75, 3.05) is 59.7 Å². The van der Waals surface area contributed by atoms with Crippen LogP contribution in [0.1, 0.15) is 72.3 Å². The third-order valence-corrected chi connectivity index (χ3v) is 13.8. The highest BCUT2D eigenvalue weighted by atomic mass is 35.5. The fraction of sp³-hybridized carbons (Fsp3) is 0.463. The zero-order valence-corrected chi connectivity index (χ0v) is 36.2. The molecule has 0 aromatic heterocycles. The van der Waals surface area contributed by atoms with Crippen LogP contribution in [0, 0.1) is 11.3 Å². The number of rotatable bonds is 15. The van der Waals surface area contributed by atoms with Crippen LogP contribution >= 0.6 is 23.2 Å². The van der Waals surface area contributed by atoms with Gasteiger partial charge in [-0.1, -0.05) is 53.5 Å². The third kappa shape index (κ3) is 11.5. The number of aliphatic hydroxyl groups is 1. The molecule has 2 amide bonds. The lowest BCUT2D eigenvalue weighted by atomic mass is 9.85. The number of nitrogens with one attached hydrogen (secondary N) is 1. The fourth-order valence-electron chi connectivity index (χ4n) is 7.86. The van der Waals surface area contributed by atoms with Gasteiger partial charge in [-0.2, -0.15) is 9.57 Å². The first-order chi connectivity index (χ1) is 28.7. The number of ether oxygens (including phenoxy) is 1. The molecule has 330 valence electrons. The van der Waals surface area contributed by atoms with Crippen LogP contribution in [0.3, 0.4) is 0 Å². The van der Waals surface area contributed by atoms with E-state index in [1.807, 2.05) is 36.4 Å². The summed E-state index contributed by atoms with van der Waals surface area (Å²) in [6.45, 7) is 2.44. The number of hydrogen-bond acceptors (Lipinski definition) is 11. The smallest absolute Gasteiger partial charge is 0.336 e. The Balaban J connectivity index is 0.000000544. The standard InChI is InChI=1S/C35H41Cl2N5O5S.C6H8O7/c1-39-34(44)35(42-15-6-7-19-48(42,45)46)13-17-41(18-14-35)16-12-26(24-10-11-29(36)30(37)21-24)23-40(2)33(43)31-28-9-5-4-8-25(28)20-27(22-38)32(31)47-3;7-3(8)1-6(13,5(11)12)2-4(9)10/h4-5,8-11,20-21,26H,6-7,12-19,23H2,1-3H3,(H,39,44);13H,1-2H2,(H,7,8)(H,9,10)(H,11,12)/t26-;/m1./s1. The van der Waals surface area contributed by atoms with Crippen molar-refractivity contribution in [3.8, 4) is 11.8 Å². The zero-order chi connectivity index (χ0) is 45.3. The van der Waals surface area contributed by atoms with Crippen molar-refractivity contribution in [3.63, 3.8) is 0 Å². The van der Waals surface area contributed by atoms with E-state index in [-0.39, 0.29) is 34.8 Å². The van der Waals surface area contributed by atoms with E-state index in [0.717, 1.165) is 17.4 Å². The highest BCUT2D eigenvalue weighted by Crippen LogP contribution is 2.37. The average Bonchev–Trinajstić information content (AvgIpc) is 3.21. The van der Waals surface area contributed by atoms with Crippen LogP contribution < -0.4 is 10.1 Å². The second-order valence-electron chi connectivity index (χ2n) is 15.0. The Morgan fingerprint density at radius 1 is 0.984 bits per heavy atom. The molecule has 1 atom stereocenters. The first-order valence-corrected chi connectivity index (χ1v) is 21.6. The number of amides is 2. The molecule has 2 aliphatic rings. The molecule has 5 rings (SSSR count).